The molecule has 0 aromatic rings. The van der Waals surface area contributed by atoms with Crippen molar-refractivity contribution in [3.05, 3.63) is 0 Å². The van der Waals surface area contributed by atoms with E-state index >= 15 is 0 Å². The Morgan fingerprint density at radius 1 is 1.18 bits per heavy atom. The Labute approximate surface area is 184 Å². The van der Waals surface area contributed by atoms with Crippen molar-refractivity contribution in [2.24, 2.45) is 10.4 Å². The smallest absolute Gasteiger partial charge is 0.382 e. The molecule has 1 unspecified atom stereocenters. The van der Waals surface area contributed by atoms with Gasteiger partial charge in [-0.3, -0.25) is 9.89 Å². The Morgan fingerprint density at radius 3 is 2.29 bits per heavy atom. The number of rotatable bonds is 7. The molecule has 2 fully saturated rings. The molecule has 0 aromatic carbocycles. The molecule has 0 radical (unpaired) electrons. The second-order valence-corrected chi connectivity index (χ2v) is 7.80. The van der Waals surface area contributed by atoms with Crippen LogP contribution in [0.3, 0.4) is 0 Å². The molecule has 166 valence electrons. The van der Waals surface area contributed by atoms with E-state index in [1.165, 1.54) is 37.5 Å². The predicted octanol–water partition coefficient (Wildman–Crippen LogP) is 3.74. The summed E-state index contributed by atoms with van der Waals surface area (Å²) >= 11 is 0. The molecule has 5 nitrogen and oxygen atoms in total. The highest BCUT2D eigenvalue weighted by atomic mass is 127. The van der Waals surface area contributed by atoms with Gasteiger partial charge in [0.2, 0.25) is 0 Å². The molecule has 2 aliphatic rings. The fourth-order valence-corrected chi connectivity index (χ4v) is 4.20. The first-order valence-corrected chi connectivity index (χ1v) is 10.2. The first kappa shape index (κ1) is 25.7. The van der Waals surface area contributed by atoms with E-state index in [0.717, 1.165) is 32.1 Å². The van der Waals surface area contributed by atoms with Crippen LogP contribution in [-0.4, -0.2) is 81.0 Å². The van der Waals surface area contributed by atoms with Crippen molar-refractivity contribution in [2.45, 2.75) is 58.2 Å². The van der Waals surface area contributed by atoms with Crippen LogP contribution in [-0.2, 0) is 4.74 Å². The van der Waals surface area contributed by atoms with Gasteiger partial charge >= 0.3 is 6.18 Å². The highest BCUT2D eigenvalue weighted by Crippen LogP contribution is 2.40. The molecule has 0 aromatic heterocycles. The summed E-state index contributed by atoms with van der Waals surface area (Å²) in [5.74, 6) is 0.803. The van der Waals surface area contributed by atoms with Gasteiger partial charge in [-0.1, -0.05) is 12.8 Å². The molecule has 0 spiro atoms. The third-order valence-electron chi connectivity index (χ3n) is 6.11. The molecule has 1 N–H and O–H groups in total. The number of aliphatic imine (C=N–C) groups is 1. The minimum Gasteiger partial charge on any atom is -0.382 e. The lowest BCUT2D eigenvalue weighted by Crippen LogP contribution is -2.57. The number of piperazine rings is 1. The molecule has 28 heavy (non-hydrogen) atoms. The maximum atomic E-state index is 12.9. The highest BCUT2D eigenvalue weighted by Gasteiger charge is 2.41. The van der Waals surface area contributed by atoms with Crippen LogP contribution in [0.4, 0.5) is 13.2 Å². The van der Waals surface area contributed by atoms with Crippen LogP contribution < -0.4 is 5.32 Å². The summed E-state index contributed by atoms with van der Waals surface area (Å²) in [5.41, 5.74) is 0.248. The van der Waals surface area contributed by atoms with E-state index in [0.29, 0.717) is 26.2 Å². The summed E-state index contributed by atoms with van der Waals surface area (Å²) in [6.07, 6.45) is 1.77. The lowest BCUT2D eigenvalue weighted by atomic mass is 9.83. The largest absolute Gasteiger partial charge is 0.403 e. The van der Waals surface area contributed by atoms with Gasteiger partial charge in [0.1, 0.15) is 6.04 Å². The first-order chi connectivity index (χ1) is 12.8. The molecule has 1 atom stereocenters. The highest BCUT2D eigenvalue weighted by molar-refractivity contribution is 14.0. The zero-order valence-corrected chi connectivity index (χ0v) is 19.7. The molecule has 1 aliphatic heterocycles. The van der Waals surface area contributed by atoms with Crippen molar-refractivity contribution in [3.63, 3.8) is 0 Å². The lowest BCUT2D eigenvalue weighted by molar-refractivity contribution is -0.181. The van der Waals surface area contributed by atoms with Crippen molar-refractivity contribution in [3.8, 4) is 0 Å². The molecule has 2 rings (SSSR count). The number of alkyl halides is 3. The van der Waals surface area contributed by atoms with Crippen LogP contribution in [0.2, 0.25) is 0 Å². The molecular weight excluding hydrogens is 484 g/mol. The number of hydrogen-bond acceptors (Lipinski definition) is 3. The lowest BCUT2D eigenvalue weighted by Gasteiger charge is -2.40. The fraction of sp³-hybridized carbons (Fsp3) is 0.947. The topological polar surface area (TPSA) is 40.1 Å². The number of nitrogens with one attached hydrogen (secondary N) is 1. The summed E-state index contributed by atoms with van der Waals surface area (Å²) in [7, 11) is 1.74. The van der Waals surface area contributed by atoms with Gasteiger partial charge in [-0.25, -0.2) is 0 Å². The first-order valence-electron chi connectivity index (χ1n) is 10.2. The number of halogens is 4. The number of ether oxygens (including phenoxy) is 1. The van der Waals surface area contributed by atoms with Gasteiger partial charge < -0.3 is 15.0 Å². The third kappa shape index (κ3) is 7.19. The van der Waals surface area contributed by atoms with E-state index in [1.54, 1.807) is 7.05 Å². The summed E-state index contributed by atoms with van der Waals surface area (Å²) in [6, 6.07) is -1.39. The van der Waals surface area contributed by atoms with E-state index in [9.17, 15) is 13.2 Å². The van der Waals surface area contributed by atoms with Crippen molar-refractivity contribution < 1.29 is 17.9 Å². The molecule has 1 saturated carbocycles. The molecule has 0 amide bonds. The van der Waals surface area contributed by atoms with Crippen LogP contribution in [0.25, 0.3) is 0 Å². The maximum absolute atomic E-state index is 12.9. The fourth-order valence-electron chi connectivity index (χ4n) is 4.20. The summed E-state index contributed by atoms with van der Waals surface area (Å²) in [5, 5.41) is 3.50. The third-order valence-corrected chi connectivity index (χ3v) is 6.11. The van der Waals surface area contributed by atoms with Gasteiger partial charge in [-0.15, -0.1) is 24.0 Å². The van der Waals surface area contributed by atoms with Gasteiger partial charge in [-0.2, -0.15) is 13.2 Å². The molecular formula is C19H36F3IN4O. The second kappa shape index (κ2) is 11.8. The second-order valence-electron chi connectivity index (χ2n) is 7.80. The average Bonchev–Trinajstić information content (AvgIpc) is 3.11. The Balaban J connectivity index is 0.00000392. The van der Waals surface area contributed by atoms with E-state index in [4.69, 9.17) is 4.74 Å². The Hall–Kier alpha value is -0.290. The van der Waals surface area contributed by atoms with Crippen molar-refractivity contribution in [1.29, 1.82) is 0 Å². The summed E-state index contributed by atoms with van der Waals surface area (Å²) < 4.78 is 44.3. The van der Waals surface area contributed by atoms with Crippen molar-refractivity contribution in [2.75, 3.05) is 53.0 Å². The molecule has 1 heterocycles. The van der Waals surface area contributed by atoms with Gasteiger partial charge in [0.05, 0.1) is 0 Å². The average molecular weight is 520 g/mol. The normalized spacial score (nSPS) is 22.1. The van der Waals surface area contributed by atoms with Gasteiger partial charge in [0.25, 0.3) is 0 Å². The summed E-state index contributed by atoms with van der Waals surface area (Å²) in [4.78, 5) is 7.96. The minimum atomic E-state index is -4.17. The van der Waals surface area contributed by atoms with E-state index in [1.807, 2.05) is 6.92 Å². The van der Waals surface area contributed by atoms with Crippen molar-refractivity contribution >= 4 is 29.9 Å². The minimum absolute atomic E-state index is 0. The van der Waals surface area contributed by atoms with Gasteiger partial charge in [-0.05, 0) is 38.5 Å². The Bertz CT molecular complexity index is 476. The van der Waals surface area contributed by atoms with E-state index in [2.05, 4.69) is 15.2 Å². The van der Waals surface area contributed by atoms with Crippen LogP contribution in [0.1, 0.15) is 46.0 Å². The number of nitrogens with zero attached hydrogens (tertiary/aromatic N) is 3. The Kier molecular flexibility index (Phi) is 10.8. The SMILES string of the molecule is CCOCCC1(CNC(=NC)N2CCN(C(C)C(F)(F)F)CC2)CCCC1.I. The molecule has 1 aliphatic carbocycles. The predicted molar refractivity (Wildman–Crippen MR) is 117 cm³/mol. The monoisotopic (exact) mass is 520 g/mol. The van der Waals surface area contributed by atoms with Crippen molar-refractivity contribution in [1.82, 2.24) is 15.1 Å². The Morgan fingerprint density at radius 2 is 1.79 bits per heavy atom. The maximum Gasteiger partial charge on any atom is 0.403 e. The molecule has 1 saturated heterocycles. The van der Waals surface area contributed by atoms with Crippen LogP contribution in [0.15, 0.2) is 4.99 Å². The van der Waals surface area contributed by atoms with Gasteiger partial charge in [0, 0.05) is 53.0 Å². The zero-order valence-electron chi connectivity index (χ0n) is 17.4. The van der Waals surface area contributed by atoms with Crippen LogP contribution in [0.5, 0.6) is 0 Å². The number of hydrogen-bond donors (Lipinski definition) is 1. The summed E-state index contributed by atoms with van der Waals surface area (Å²) in [6.45, 7) is 7.56. The van der Waals surface area contributed by atoms with E-state index < -0.39 is 12.2 Å². The van der Waals surface area contributed by atoms with Crippen LogP contribution in [0, 0.1) is 5.41 Å². The van der Waals surface area contributed by atoms with Crippen LogP contribution >= 0.6 is 24.0 Å². The zero-order chi connectivity index (χ0) is 19.9. The van der Waals surface area contributed by atoms with E-state index in [-0.39, 0.29) is 29.4 Å². The number of guanidine groups is 1. The molecule has 9 heteroatoms. The quantitative estimate of drug-likeness (QED) is 0.241. The van der Waals surface area contributed by atoms with Gasteiger partial charge in [0.15, 0.2) is 5.96 Å². The molecule has 0 bridgehead atoms. The standard InChI is InChI=1S/C19H35F3N4O.HI/c1-4-27-14-9-18(7-5-6-8-18)15-24-17(23-3)26-12-10-25(11-13-26)16(2)19(20,21)22;/h16H,4-15H2,1-3H3,(H,23,24);1H.